The summed E-state index contributed by atoms with van der Waals surface area (Å²) in [6.45, 7) is 0. The van der Waals surface area contributed by atoms with Crippen LogP contribution in [0.1, 0.15) is 41.8 Å². The van der Waals surface area contributed by atoms with E-state index >= 15 is 0 Å². The molecule has 1 amide bonds. The smallest absolute Gasteiger partial charge is 0.345 e. The molecule has 5 rings (SSSR count). The molecule has 1 aromatic rings. The number of hydrogen-bond donors (Lipinski definition) is 2. The quantitative estimate of drug-likeness (QED) is 0.898. The highest BCUT2D eigenvalue weighted by Crippen LogP contribution is 2.56. The van der Waals surface area contributed by atoms with Crippen LogP contribution in [0.15, 0.2) is 12.1 Å². The maximum atomic E-state index is 12.6. The topological polar surface area (TPSA) is 66.4 Å². The summed E-state index contributed by atoms with van der Waals surface area (Å²) in [5.74, 6) is 2.15. The van der Waals surface area contributed by atoms with Crippen molar-refractivity contribution >= 4 is 28.2 Å². The van der Waals surface area contributed by atoms with E-state index in [1.54, 1.807) is 12.1 Å². The molecule has 0 saturated heterocycles. The molecule has 4 aliphatic rings. The minimum absolute atomic E-state index is 0.114. The summed E-state index contributed by atoms with van der Waals surface area (Å²) in [5.41, 5.74) is 0. The third kappa shape index (κ3) is 2.27. The molecule has 5 heteroatoms. The van der Waals surface area contributed by atoms with E-state index in [1.165, 1.54) is 32.1 Å². The van der Waals surface area contributed by atoms with Crippen LogP contribution in [-0.4, -0.2) is 17.0 Å². The monoisotopic (exact) mass is 305 g/mol. The Morgan fingerprint density at radius 1 is 1.05 bits per heavy atom. The molecule has 0 atom stereocenters. The van der Waals surface area contributed by atoms with Crippen LogP contribution in [0, 0.1) is 29.6 Å². The van der Waals surface area contributed by atoms with Crippen LogP contribution in [0.4, 0.5) is 5.00 Å². The second-order valence-electron chi connectivity index (χ2n) is 6.91. The summed E-state index contributed by atoms with van der Waals surface area (Å²) in [6, 6.07) is 3.25. The molecular weight excluding hydrogens is 286 g/mol. The number of rotatable bonds is 3. The fourth-order valence-electron chi connectivity index (χ4n) is 5.08. The zero-order valence-corrected chi connectivity index (χ0v) is 12.6. The van der Waals surface area contributed by atoms with Gasteiger partial charge in [-0.15, -0.1) is 11.3 Å². The van der Waals surface area contributed by atoms with Crippen molar-refractivity contribution in [2.45, 2.75) is 32.1 Å². The molecule has 0 aromatic carbocycles. The fraction of sp³-hybridized carbons (Fsp3) is 0.625. The predicted molar refractivity (Wildman–Crippen MR) is 80.4 cm³/mol. The third-order valence-corrected chi connectivity index (χ3v) is 6.58. The highest BCUT2D eigenvalue weighted by Gasteiger charge is 2.50. The second-order valence-corrected chi connectivity index (χ2v) is 8.00. The minimum Gasteiger partial charge on any atom is -0.477 e. The van der Waals surface area contributed by atoms with Gasteiger partial charge in [-0.1, -0.05) is 0 Å². The predicted octanol–water partition coefficient (Wildman–Crippen LogP) is 3.46. The van der Waals surface area contributed by atoms with Gasteiger partial charge in [-0.2, -0.15) is 0 Å². The number of carboxylic acids is 1. The maximum absolute atomic E-state index is 12.6. The Bertz CT molecular complexity index is 566. The molecule has 0 spiro atoms. The molecule has 0 aliphatic heterocycles. The first-order chi connectivity index (χ1) is 10.1. The number of nitrogens with one attached hydrogen (secondary N) is 1. The first-order valence-corrected chi connectivity index (χ1v) is 8.56. The zero-order valence-electron chi connectivity index (χ0n) is 11.7. The van der Waals surface area contributed by atoms with Crippen molar-refractivity contribution in [2.75, 3.05) is 5.32 Å². The molecule has 0 radical (unpaired) electrons. The molecule has 21 heavy (non-hydrogen) atoms. The van der Waals surface area contributed by atoms with Gasteiger partial charge in [-0.3, -0.25) is 4.79 Å². The van der Waals surface area contributed by atoms with Gasteiger partial charge in [-0.05, 0) is 67.9 Å². The van der Waals surface area contributed by atoms with E-state index in [1.807, 2.05) is 0 Å². The van der Waals surface area contributed by atoms with Gasteiger partial charge in [0.1, 0.15) is 4.88 Å². The van der Waals surface area contributed by atoms with E-state index in [-0.39, 0.29) is 16.7 Å². The summed E-state index contributed by atoms with van der Waals surface area (Å²) in [4.78, 5) is 23.8. The van der Waals surface area contributed by atoms with E-state index in [4.69, 9.17) is 5.11 Å². The van der Waals surface area contributed by atoms with Crippen LogP contribution in [-0.2, 0) is 4.79 Å². The molecule has 4 aliphatic carbocycles. The maximum Gasteiger partial charge on any atom is 0.345 e. The molecule has 1 heterocycles. The van der Waals surface area contributed by atoms with Crippen LogP contribution in [0.5, 0.6) is 0 Å². The lowest BCUT2D eigenvalue weighted by atomic mass is 9.51. The lowest BCUT2D eigenvalue weighted by molar-refractivity contribution is -0.132. The number of thiophene rings is 1. The van der Waals surface area contributed by atoms with E-state index in [0.717, 1.165) is 23.2 Å². The summed E-state index contributed by atoms with van der Waals surface area (Å²) >= 11 is 1.14. The van der Waals surface area contributed by atoms with Crippen molar-refractivity contribution in [3.8, 4) is 0 Å². The largest absolute Gasteiger partial charge is 0.477 e. The van der Waals surface area contributed by atoms with E-state index < -0.39 is 5.97 Å². The first-order valence-electron chi connectivity index (χ1n) is 7.74. The Labute approximate surface area is 127 Å². The number of carbonyl (C=O) groups excluding carboxylic acids is 1. The third-order valence-electron chi connectivity index (χ3n) is 5.59. The van der Waals surface area contributed by atoms with Gasteiger partial charge in [0.05, 0.1) is 5.00 Å². The van der Waals surface area contributed by atoms with Crippen LogP contribution in [0.3, 0.4) is 0 Å². The Morgan fingerprint density at radius 2 is 1.67 bits per heavy atom. The van der Waals surface area contributed by atoms with Crippen LogP contribution in [0.25, 0.3) is 0 Å². The van der Waals surface area contributed by atoms with Gasteiger partial charge < -0.3 is 10.4 Å². The Balaban J connectivity index is 1.48. The molecule has 4 saturated carbocycles. The number of carboxylic acid groups (broad SMARTS) is 1. The van der Waals surface area contributed by atoms with Gasteiger partial charge in [0, 0.05) is 5.92 Å². The van der Waals surface area contributed by atoms with E-state index in [2.05, 4.69) is 5.32 Å². The number of carbonyl (C=O) groups is 2. The molecule has 1 aromatic heterocycles. The van der Waals surface area contributed by atoms with Gasteiger partial charge in [-0.25, -0.2) is 4.79 Å². The number of amides is 1. The Morgan fingerprint density at radius 3 is 2.19 bits per heavy atom. The average Bonchev–Trinajstić information content (AvgIpc) is 2.86. The summed E-state index contributed by atoms with van der Waals surface area (Å²) in [7, 11) is 0. The van der Waals surface area contributed by atoms with Gasteiger partial charge in [0.15, 0.2) is 0 Å². The summed E-state index contributed by atoms with van der Waals surface area (Å²) < 4.78 is 0. The lowest BCUT2D eigenvalue weighted by Crippen LogP contribution is -2.49. The summed E-state index contributed by atoms with van der Waals surface area (Å²) in [6.07, 6.45) is 6.26. The van der Waals surface area contributed by atoms with Crippen molar-refractivity contribution in [2.24, 2.45) is 29.6 Å². The first kappa shape index (κ1) is 13.3. The molecule has 4 fully saturated rings. The SMILES string of the molecule is O=C(O)c1ccc(NC(=O)C2C3CC4CC(C3)CC2C4)s1. The number of aromatic carboxylic acids is 1. The Hall–Kier alpha value is -1.36. The molecule has 0 unspecified atom stereocenters. The van der Waals surface area contributed by atoms with Gasteiger partial charge in [0.25, 0.3) is 0 Å². The Kier molecular flexibility index (Phi) is 3.06. The van der Waals surface area contributed by atoms with Crippen molar-refractivity contribution in [1.29, 1.82) is 0 Å². The van der Waals surface area contributed by atoms with Crippen LogP contribution < -0.4 is 5.32 Å². The fourth-order valence-corrected chi connectivity index (χ4v) is 5.83. The minimum atomic E-state index is -0.935. The van der Waals surface area contributed by atoms with Crippen molar-refractivity contribution in [1.82, 2.24) is 0 Å². The standard InChI is InChI=1S/C16H19NO3S/c18-15(17-13-2-1-12(21-13)16(19)20)14-10-4-8-3-9(6-10)7-11(14)5-8/h1-2,8-11,14H,3-7H2,(H,17,18)(H,19,20). The molecule has 4 nitrogen and oxygen atoms in total. The number of anilines is 1. The van der Waals surface area contributed by atoms with Gasteiger partial charge in [0.2, 0.25) is 5.91 Å². The molecule has 4 bridgehead atoms. The molecule has 2 N–H and O–H groups in total. The van der Waals surface area contributed by atoms with Crippen molar-refractivity contribution in [3.05, 3.63) is 17.0 Å². The van der Waals surface area contributed by atoms with Crippen LogP contribution >= 0.6 is 11.3 Å². The molecule has 112 valence electrons. The van der Waals surface area contributed by atoms with Crippen molar-refractivity contribution < 1.29 is 14.7 Å². The van der Waals surface area contributed by atoms with Crippen molar-refractivity contribution in [3.63, 3.8) is 0 Å². The summed E-state index contributed by atoms with van der Waals surface area (Å²) in [5, 5.41) is 12.6. The number of hydrogen-bond acceptors (Lipinski definition) is 3. The van der Waals surface area contributed by atoms with E-state index in [0.29, 0.717) is 16.8 Å². The average molecular weight is 305 g/mol. The van der Waals surface area contributed by atoms with E-state index in [9.17, 15) is 9.59 Å². The normalized spacial score (nSPS) is 36.7. The highest BCUT2D eigenvalue weighted by molar-refractivity contribution is 7.18. The zero-order chi connectivity index (χ0) is 14.6. The van der Waals surface area contributed by atoms with Gasteiger partial charge >= 0.3 is 5.97 Å². The second kappa shape index (κ2) is 4.83. The molecular formula is C16H19NO3S. The van der Waals surface area contributed by atoms with Crippen LogP contribution in [0.2, 0.25) is 0 Å². The highest BCUT2D eigenvalue weighted by atomic mass is 32.1. The lowest BCUT2D eigenvalue weighted by Gasteiger charge is -2.53.